The molecule has 0 fully saturated rings. The van der Waals surface area contributed by atoms with Crippen LogP contribution in [0.1, 0.15) is 28.3 Å². The molecule has 1 atom stereocenters. The maximum Gasteiger partial charge on any atom is 0.264 e. The van der Waals surface area contributed by atoms with E-state index in [1.54, 1.807) is 55.6 Å². The zero-order chi connectivity index (χ0) is 26.4. The van der Waals surface area contributed by atoms with Crippen LogP contribution in [0.15, 0.2) is 108 Å². The number of aryl methyl sites for hydroxylation is 2. The molecule has 0 heterocycles. The summed E-state index contributed by atoms with van der Waals surface area (Å²) in [7, 11) is -2.49. The third-order valence-corrected chi connectivity index (χ3v) is 7.98. The van der Waals surface area contributed by atoms with Gasteiger partial charge >= 0.3 is 0 Å². The molecule has 0 saturated carbocycles. The summed E-state index contributed by atoms with van der Waals surface area (Å²) in [6, 6.07) is 30.2. The molecule has 0 radical (unpaired) electrons. The van der Waals surface area contributed by atoms with Gasteiger partial charge in [-0.05, 0) is 66.9 Å². The molecule has 0 aliphatic carbocycles. The topological polar surface area (TPSA) is 75.7 Å². The van der Waals surface area contributed by atoms with Crippen LogP contribution in [-0.2, 0) is 14.8 Å². The maximum atomic E-state index is 13.7. The highest BCUT2D eigenvalue weighted by atomic mass is 32.2. The van der Waals surface area contributed by atoms with Gasteiger partial charge in [-0.3, -0.25) is 9.10 Å². The van der Waals surface area contributed by atoms with E-state index >= 15 is 0 Å². The number of rotatable bonds is 9. The predicted molar refractivity (Wildman–Crippen MR) is 146 cm³/mol. The summed E-state index contributed by atoms with van der Waals surface area (Å²) in [6.07, 6.45) is 0. The molecule has 190 valence electrons. The third-order valence-electron chi connectivity index (χ3n) is 6.19. The van der Waals surface area contributed by atoms with Crippen molar-refractivity contribution in [3.8, 4) is 5.75 Å². The standard InChI is InChI=1S/C30H30N2O4S/c1-22-13-19-27(20-14-22)37(34,35)32(25-15-17-26(36-3)18-16-25)21-29(33)31-30(24-10-5-4-6-11-24)28-12-8-7-9-23(28)2/h4-20,30H,21H2,1-3H3,(H,31,33)/t30-/m0/s1. The number of hydrogen-bond acceptors (Lipinski definition) is 4. The lowest BCUT2D eigenvalue weighted by Crippen LogP contribution is -2.42. The second-order valence-electron chi connectivity index (χ2n) is 8.79. The fraction of sp³-hybridized carbons (Fsp3) is 0.167. The Balaban J connectivity index is 1.70. The van der Waals surface area contributed by atoms with Crippen LogP contribution in [0.5, 0.6) is 5.75 Å². The molecule has 0 saturated heterocycles. The number of hydrogen-bond donors (Lipinski definition) is 1. The highest BCUT2D eigenvalue weighted by Crippen LogP contribution is 2.28. The van der Waals surface area contributed by atoms with E-state index in [-0.39, 0.29) is 4.90 Å². The Morgan fingerprint density at radius 3 is 2.08 bits per heavy atom. The van der Waals surface area contributed by atoms with Crippen molar-refractivity contribution >= 4 is 21.6 Å². The average molecular weight is 515 g/mol. The van der Waals surface area contributed by atoms with Gasteiger partial charge in [-0.25, -0.2) is 8.42 Å². The van der Waals surface area contributed by atoms with Gasteiger partial charge in [0.15, 0.2) is 0 Å². The van der Waals surface area contributed by atoms with Gasteiger partial charge < -0.3 is 10.1 Å². The fourth-order valence-electron chi connectivity index (χ4n) is 4.13. The number of anilines is 1. The second-order valence-corrected chi connectivity index (χ2v) is 10.7. The van der Waals surface area contributed by atoms with Crippen molar-refractivity contribution < 1.29 is 17.9 Å². The molecule has 1 N–H and O–H groups in total. The quantitative estimate of drug-likeness (QED) is 0.324. The molecule has 0 unspecified atom stereocenters. The smallest absolute Gasteiger partial charge is 0.264 e. The Morgan fingerprint density at radius 2 is 1.46 bits per heavy atom. The monoisotopic (exact) mass is 514 g/mol. The Bertz CT molecular complexity index is 1450. The first-order valence-electron chi connectivity index (χ1n) is 11.9. The van der Waals surface area contributed by atoms with Gasteiger partial charge in [0.1, 0.15) is 12.3 Å². The van der Waals surface area contributed by atoms with Crippen LogP contribution in [-0.4, -0.2) is 28.0 Å². The summed E-state index contributed by atoms with van der Waals surface area (Å²) in [4.78, 5) is 13.6. The molecule has 0 aliphatic rings. The van der Waals surface area contributed by atoms with E-state index in [1.807, 2.05) is 68.4 Å². The van der Waals surface area contributed by atoms with Crippen molar-refractivity contribution in [3.05, 3.63) is 125 Å². The van der Waals surface area contributed by atoms with E-state index in [1.165, 1.54) is 0 Å². The minimum atomic E-state index is -4.03. The molecule has 0 aliphatic heterocycles. The number of nitrogens with zero attached hydrogens (tertiary/aromatic N) is 1. The molecule has 37 heavy (non-hydrogen) atoms. The van der Waals surface area contributed by atoms with Crippen molar-refractivity contribution in [3.63, 3.8) is 0 Å². The third kappa shape index (κ3) is 6.01. The van der Waals surface area contributed by atoms with E-state index in [0.717, 1.165) is 26.6 Å². The van der Waals surface area contributed by atoms with Gasteiger partial charge in [0, 0.05) is 0 Å². The molecule has 4 aromatic rings. The van der Waals surface area contributed by atoms with E-state index < -0.39 is 28.5 Å². The normalized spacial score (nSPS) is 12.0. The lowest BCUT2D eigenvalue weighted by atomic mass is 9.95. The van der Waals surface area contributed by atoms with E-state index in [0.29, 0.717) is 11.4 Å². The summed E-state index contributed by atoms with van der Waals surface area (Å²) < 4.78 is 33.8. The molecule has 7 heteroatoms. The molecular formula is C30H30N2O4S. The number of benzene rings is 4. The Hall–Kier alpha value is -4.10. The second kappa shape index (κ2) is 11.3. The minimum Gasteiger partial charge on any atom is -0.497 e. The van der Waals surface area contributed by atoms with Crippen molar-refractivity contribution in [2.75, 3.05) is 18.0 Å². The molecule has 6 nitrogen and oxygen atoms in total. The first kappa shape index (κ1) is 26.0. The molecule has 0 aromatic heterocycles. The van der Waals surface area contributed by atoms with Gasteiger partial charge in [-0.15, -0.1) is 0 Å². The number of sulfonamides is 1. The molecule has 0 spiro atoms. The van der Waals surface area contributed by atoms with Gasteiger partial charge in [0.25, 0.3) is 10.0 Å². The summed E-state index contributed by atoms with van der Waals surface area (Å²) in [5, 5.41) is 3.08. The molecule has 4 aromatic carbocycles. The van der Waals surface area contributed by atoms with Crippen molar-refractivity contribution in [2.24, 2.45) is 0 Å². The number of nitrogens with one attached hydrogen (secondary N) is 1. The number of carbonyl (C=O) groups excluding carboxylic acids is 1. The Kier molecular flexibility index (Phi) is 7.94. The van der Waals surface area contributed by atoms with Crippen LogP contribution >= 0.6 is 0 Å². The summed E-state index contributed by atoms with van der Waals surface area (Å²) >= 11 is 0. The summed E-state index contributed by atoms with van der Waals surface area (Å²) in [5.74, 6) is 0.160. The molecule has 1 amide bonds. The highest BCUT2D eigenvalue weighted by Gasteiger charge is 2.28. The van der Waals surface area contributed by atoms with Crippen LogP contribution < -0.4 is 14.4 Å². The van der Waals surface area contributed by atoms with Crippen molar-refractivity contribution in [2.45, 2.75) is 24.8 Å². The zero-order valence-electron chi connectivity index (χ0n) is 21.1. The van der Waals surface area contributed by atoms with Gasteiger partial charge in [-0.2, -0.15) is 0 Å². The Labute approximate surface area is 218 Å². The van der Waals surface area contributed by atoms with Crippen LogP contribution in [0, 0.1) is 13.8 Å². The molecule has 0 bridgehead atoms. The first-order valence-corrected chi connectivity index (χ1v) is 13.4. The average Bonchev–Trinajstić information content (AvgIpc) is 2.91. The van der Waals surface area contributed by atoms with Crippen molar-refractivity contribution in [1.29, 1.82) is 0 Å². The van der Waals surface area contributed by atoms with Crippen molar-refractivity contribution in [1.82, 2.24) is 5.32 Å². The summed E-state index contributed by atoms with van der Waals surface area (Å²) in [6.45, 7) is 3.49. The van der Waals surface area contributed by atoms with Gasteiger partial charge in [0.05, 0.1) is 23.7 Å². The molecular weight excluding hydrogens is 484 g/mol. The zero-order valence-corrected chi connectivity index (χ0v) is 21.9. The fourth-order valence-corrected chi connectivity index (χ4v) is 5.56. The lowest BCUT2D eigenvalue weighted by molar-refractivity contribution is -0.120. The van der Waals surface area contributed by atoms with Crippen LogP contribution in [0.4, 0.5) is 5.69 Å². The summed E-state index contributed by atoms with van der Waals surface area (Å²) in [5.41, 5.74) is 4.18. The van der Waals surface area contributed by atoms with Gasteiger partial charge in [-0.1, -0.05) is 72.3 Å². The van der Waals surface area contributed by atoms with E-state index in [2.05, 4.69) is 5.32 Å². The molecule has 4 rings (SSSR count). The number of methoxy groups -OCH3 is 1. The predicted octanol–water partition coefficient (Wildman–Crippen LogP) is 5.41. The number of amides is 1. The minimum absolute atomic E-state index is 0.111. The maximum absolute atomic E-state index is 13.7. The van der Waals surface area contributed by atoms with E-state index in [4.69, 9.17) is 4.74 Å². The van der Waals surface area contributed by atoms with E-state index in [9.17, 15) is 13.2 Å². The largest absolute Gasteiger partial charge is 0.497 e. The lowest BCUT2D eigenvalue weighted by Gasteiger charge is -2.27. The first-order chi connectivity index (χ1) is 17.8. The van der Waals surface area contributed by atoms with Gasteiger partial charge in [0.2, 0.25) is 5.91 Å². The highest BCUT2D eigenvalue weighted by molar-refractivity contribution is 7.92. The van der Waals surface area contributed by atoms with Crippen LogP contribution in [0.3, 0.4) is 0 Å². The Morgan fingerprint density at radius 1 is 0.838 bits per heavy atom. The number of carbonyl (C=O) groups is 1. The number of ether oxygens (including phenoxy) is 1. The van der Waals surface area contributed by atoms with Crippen LogP contribution in [0.25, 0.3) is 0 Å². The SMILES string of the molecule is COc1ccc(N(CC(=O)N[C@@H](c2ccccc2)c2ccccc2C)S(=O)(=O)c2ccc(C)cc2)cc1. The van der Waals surface area contributed by atoms with Crippen LogP contribution in [0.2, 0.25) is 0 Å².